The maximum Gasteiger partial charge on any atom is 0.0809 e. The summed E-state index contributed by atoms with van der Waals surface area (Å²) >= 11 is 0. The van der Waals surface area contributed by atoms with E-state index in [1.165, 1.54) is 6.42 Å². The van der Waals surface area contributed by atoms with Gasteiger partial charge in [0.1, 0.15) is 0 Å². The first-order valence-electron chi connectivity index (χ1n) is 6.60. The average Bonchev–Trinajstić information content (AvgIpc) is 2.92. The normalized spacial score (nSPS) is 19.2. The minimum atomic E-state index is 0.331. The molecule has 0 spiro atoms. The molecular weight excluding hydrogens is 230 g/mol. The number of ether oxygens (including phenoxy) is 2. The summed E-state index contributed by atoms with van der Waals surface area (Å²) in [6, 6.07) is 0. The van der Waals surface area contributed by atoms with Crippen molar-refractivity contribution in [1.29, 1.82) is 0 Å². The Hall–Kier alpha value is -1.04. The first kappa shape index (κ1) is 13.4. The third-order valence-corrected chi connectivity index (χ3v) is 2.89. The molecule has 1 atom stereocenters. The monoisotopic (exact) mass is 251 g/mol. The third kappa shape index (κ3) is 5.08. The van der Waals surface area contributed by atoms with E-state index < -0.39 is 0 Å². The molecule has 1 fully saturated rings. The van der Waals surface area contributed by atoms with Crippen molar-refractivity contribution >= 4 is 0 Å². The van der Waals surface area contributed by atoms with Crippen molar-refractivity contribution in [2.75, 3.05) is 26.4 Å². The quantitative estimate of drug-likeness (QED) is 0.702. The first-order valence-corrected chi connectivity index (χ1v) is 6.60. The minimum absolute atomic E-state index is 0.331. The van der Waals surface area contributed by atoms with Gasteiger partial charge >= 0.3 is 0 Å². The fraction of sp³-hybridized carbons (Fsp3) is 0.692. The highest BCUT2D eigenvalue weighted by Gasteiger charge is 2.14. The topological polar surface area (TPSA) is 56.3 Å². The van der Waals surface area contributed by atoms with E-state index in [1.807, 2.05) is 0 Å². The van der Waals surface area contributed by atoms with Crippen LogP contribution >= 0.6 is 0 Å². The number of nitrogens with one attached hydrogen (secondary N) is 1. The summed E-state index contributed by atoms with van der Waals surface area (Å²) in [5.74, 6) is 0. The van der Waals surface area contributed by atoms with Gasteiger partial charge in [-0.05, 0) is 25.8 Å². The summed E-state index contributed by atoms with van der Waals surface area (Å²) in [7, 11) is 0. The Morgan fingerprint density at radius 2 is 2.44 bits per heavy atom. The molecule has 0 bridgehead atoms. The van der Waals surface area contributed by atoms with Crippen LogP contribution in [0.15, 0.2) is 18.6 Å². The van der Waals surface area contributed by atoms with Crippen LogP contribution in [0.4, 0.5) is 0 Å². The summed E-state index contributed by atoms with van der Waals surface area (Å²) in [6.07, 6.45) is 8.83. The lowest BCUT2D eigenvalue weighted by atomic mass is 10.2. The Morgan fingerprint density at radius 3 is 3.22 bits per heavy atom. The fourth-order valence-electron chi connectivity index (χ4n) is 1.93. The van der Waals surface area contributed by atoms with Gasteiger partial charge in [-0.2, -0.15) is 0 Å². The predicted molar refractivity (Wildman–Crippen MR) is 68.1 cm³/mol. The van der Waals surface area contributed by atoms with E-state index >= 15 is 0 Å². The highest BCUT2D eigenvalue weighted by Crippen LogP contribution is 2.11. The second kappa shape index (κ2) is 8.13. The Labute approximate surface area is 108 Å². The molecule has 1 aliphatic heterocycles. The molecule has 0 aliphatic carbocycles. The lowest BCUT2D eigenvalue weighted by Gasteiger charge is -2.10. The molecule has 5 heteroatoms. The van der Waals surface area contributed by atoms with Gasteiger partial charge in [0.15, 0.2) is 0 Å². The molecule has 0 saturated carbocycles. The lowest BCUT2D eigenvalue weighted by molar-refractivity contribution is 0.0166. The van der Waals surface area contributed by atoms with Crippen molar-refractivity contribution in [2.45, 2.75) is 31.9 Å². The molecule has 1 saturated heterocycles. The van der Waals surface area contributed by atoms with E-state index in [1.54, 1.807) is 18.6 Å². The largest absolute Gasteiger partial charge is 0.379 e. The molecule has 2 rings (SSSR count). The van der Waals surface area contributed by atoms with Gasteiger partial charge in [0.05, 0.1) is 18.4 Å². The first-order chi connectivity index (χ1) is 8.95. The fourth-order valence-corrected chi connectivity index (χ4v) is 1.93. The number of hydrogen-bond acceptors (Lipinski definition) is 5. The second-order valence-corrected chi connectivity index (χ2v) is 4.44. The van der Waals surface area contributed by atoms with Crippen molar-refractivity contribution in [3.05, 3.63) is 24.3 Å². The Kier molecular flexibility index (Phi) is 6.05. The molecule has 1 N–H and O–H groups in total. The maximum atomic E-state index is 5.58. The molecule has 5 nitrogen and oxygen atoms in total. The zero-order valence-corrected chi connectivity index (χ0v) is 10.7. The van der Waals surface area contributed by atoms with Crippen LogP contribution in [-0.4, -0.2) is 42.4 Å². The Bertz CT molecular complexity index is 315. The van der Waals surface area contributed by atoms with E-state index in [4.69, 9.17) is 9.47 Å². The highest BCUT2D eigenvalue weighted by atomic mass is 16.5. The standard InChI is InChI=1S/C13H21N3O2/c1-3-13(18-8-1)11-17-7-2-4-14-9-12-10-15-5-6-16-12/h5-6,10,13-14H,1-4,7-9,11H2. The molecule has 2 heterocycles. The van der Waals surface area contributed by atoms with Gasteiger partial charge in [-0.25, -0.2) is 0 Å². The molecule has 100 valence electrons. The van der Waals surface area contributed by atoms with Crippen LogP contribution in [0.25, 0.3) is 0 Å². The van der Waals surface area contributed by atoms with Crippen LogP contribution in [-0.2, 0) is 16.0 Å². The third-order valence-electron chi connectivity index (χ3n) is 2.89. The van der Waals surface area contributed by atoms with E-state index in [0.717, 1.165) is 51.4 Å². The average molecular weight is 251 g/mol. The Balaban J connectivity index is 1.42. The van der Waals surface area contributed by atoms with Gasteiger partial charge in [-0.15, -0.1) is 0 Å². The predicted octanol–water partition coefficient (Wildman–Crippen LogP) is 1.15. The van der Waals surface area contributed by atoms with E-state index in [9.17, 15) is 0 Å². The van der Waals surface area contributed by atoms with Gasteiger partial charge in [-0.1, -0.05) is 0 Å². The smallest absolute Gasteiger partial charge is 0.0809 e. The summed E-state index contributed by atoms with van der Waals surface area (Å²) in [5.41, 5.74) is 0.970. The van der Waals surface area contributed by atoms with Crippen LogP contribution in [0.5, 0.6) is 0 Å². The SMILES string of the molecule is c1cnc(CNCCCOCC2CCCO2)cn1. The van der Waals surface area contributed by atoms with E-state index in [2.05, 4.69) is 15.3 Å². The van der Waals surface area contributed by atoms with Crippen LogP contribution in [0.1, 0.15) is 25.0 Å². The zero-order chi connectivity index (χ0) is 12.5. The van der Waals surface area contributed by atoms with Crippen molar-refractivity contribution < 1.29 is 9.47 Å². The van der Waals surface area contributed by atoms with Crippen molar-refractivity contribution in [3.63, 3.8) is 0 Å². The number of nitrogens with zero attached hydrogens (tertiary/aromatic N) is 2. The molecule has 0 aromatic carbocycles. The van der Waals surface area contributed by atoms with Crippen LogP contribution < -0.4 is 5.32 Å². The van der Waals surface area contributed by atoms with Gasteiger partial charge in [-0.3, -0.25) is 9.97 Å². The van der Waals surface area contributed by atoms with Gasteiger partial charge in [0.25, 0.3) is 0 Å². The van der Waals surface area contributed by atoms with Crippen LogP contribution in [0.2, 0.25) is 0 Å². The van der Waals surface area contributed by atoms with Gasteiger partial charge in [0, 0.05) is 38.3 Å². The molecule has 1 aromatic heterocycles. The van der Waals surface area contributed by atoms with Gasteiger partial charge < -0.3 is 14.8 Å². The van der Waals surface area contributed by atoms with Crippen molar-refractivity contribution in [2.24, 2.45) is 0 Å². The van der Waals surface area contributed by atoms with E-state index in [0.29, 0.717) is 6.10 Å². The second-order valence-electron chi connectivity index (χ2n) is 4.44. The summed E-state index contributed by atoms with van der Waals surface area (Å²) < 4.78 is 11.1. The summed E-state index contributed by atoms with van der Waals surface area (Å²) in [4.78, 5) is 8.21. The number of aromatic nitrogens is 2. The zero-order valence-electron chi connectivity index (χ0n) is 10.7. The Morgan fingerprint density at radius 1 is 1.44 bits per heavy atom. The molecule has 0 radical (unpaired) electrons. The number of hydrogen-bond donors (Lipinski definition) is 1. The summed E-state index contributed by atoms with van der Waals surface area (Å²) in [5, 5.41) is 3.32. The molecular formula is C13H21N3O2. The molecule has 1 aliphatic rings. The molecule has 1 unspecified atom stereocenters. The van der Waals surface area contributed by atoms with Crippen molar-refractivity contribution in [1.82, 2.24) is 15.3 Å². The van der Waals surface area contributed by atoms with Crippen LogP contribution in [0.3, 0.4) is 0 Å². The molecule has 0 amide bonds. The molecule has 18 heavy (non-hydrogen) atoms. The number of rotatable bonds is 8. The van der Waals surface area contributed by atoms with Crippen LogP contribution in [0, 0.1) is 0 Å². The van der Waals surface area contributed by atoms with E-state index in [-0.39, 0.29) is 0 Å². The highest BCUT2D eigenvalue weighted by molar-refractivity contribution is 4.93. The molecule has 1 aromatic rings. The summed E-state index contributed by atoms with van der Waals surface area (Å²) in [6.45, 7) is 4.12. The maximum absolute atomic E-state index is 5.58. The minimum Gasteiger partial charge on any atom is -0.379 e. The lowest BCUT2D eigenvalue weighted by Crippen LogP contribution is -2.19. The van der Waals surface area contributed by atoms with Gasteiger partial charge in [0.2, 0.25) is 0 Å². The van der Waals surface area contributed by atoms with Crippen molar-refractivity contribution in [3.8, 4) is 0 Å².